The molecule has 7 heteroatoms. The van der Waals surface area contributed by atoms with Crippen LogP contribution in [0.15, 0.2) is 70.9 Å². The molecule has 4 rings (SSSR count). The van der Waals surface area contributed by atoms with Crippen LogP contribution in [0.5, 0.6) is 0 Å². The summed E-state index contributed by atoms with van der Waals surface area (Å²) in [7, 11) is 0. The van der Waals surface area contributed by atoms with Gasteiger partial charge in [0.25, 0.3) is 0 Å². The highest BCUT2D eigenvalue weighted by molar-refractivity contribution is 8.00. The number of aromatic nitrogens is 4. The molecule has 2 aromatic heterocycles. The summed E-state index contributed by atoms with van der Waals surface area (Å²) in [6, 6.07) is 15.1. The number of hydrogen-bond donors (Lipinski definition) is 0. The van der Waals surface area contributed by atoms with Crippen LogP contribution in [0.25, 0.3) is 11.3 Å². The van der Waals surface area contributed by atoms with Crippen molar-refractivity contribution >= 4 is 23.2 Å². The predicted molar refractivity (Wildman–Crippen MR) is 114 cm³/mol. The molecule has 0 aliphatic rings. The second kappa shape index (κ2) is 7.67. The summed E-state index contributed by atoms with van der Waals surface area (Å²) in [6.07, 6.45) is 3.44. The Morgan fingerprint density at radius 1 is 1.00 bits per heavy atom. The third-order valence-corrected chi connectivity index (χ3v) is 5.97. The van der Waals surface area contributed by atoms with E-state index in [2.05, 4.69) is 10.2 Å². The topological polar surface area (TPSA) is 69.3 Å². The van der Waals surface area contributed by atoms with Crippen LogP contribution >= 0.6 is 11.8 Å². The Morgan fingerprint density at radius 2 is 1.76 bits per heavy atom. The lowest BCUT2D eigenvalue weighted by Crippen LogP contribution is -2.20. The van der Waals surface area contributed by atoms with E-state index >= 15 is 0 Å². The van der Waals surface area contributed by atoms with Gasteiger partial charge in [0.1, 0.15) is 0 Å². The summed E-state index contributed by atoms with van der Waals surface area (Å²) < 4.78 is 3.17. The molecule has 0 radical (unpaired) electrons. The Bertz CT molecular complexity index is 1260. The van der Waals surface area contributed by atoms with Gasteiger partial charge >= 0.3 is 5.56 Å². The first kappa shape index (κ1) is 19.1. The van der Waals surface area contributed by atoms with Gasteiger partial charge in [-0.1, -0.05) is 42.1 Å². The van der Waals surface area contributed by atoms with Crippen molar-refractivity contribution in [1.82, 2.24) is 19.2 Å². The van der Waals surface area contributed by atoms with Crippen molar-refractivity contribution in [3.8, 4) is 5.69 Å². The van der Waals surface area contributed by atoms with Gasteiger partial charge in [0, 0.05) is 23.6 Å². The fourth-order valence-corrected chi connectivity index (χ4v) is 3.99. The molecule has 0 bridgehead atoms. The number of rotatable bonds is 5. The monoisotopic (exact) mass is 404 g/mol. The first-order valence-corrected chi connectivity index (χ1v) is 10.1. The van der Waals surface area contributed by atoms with Gasteiger partial charge in [0.05, 0.1) is 5.25 Å². The van der Waals surface area contributed by atoms with Gasteiger partial charge in [-0.05, 0) is 50.1 Å². The highest BCUT2D eigenvalue weighted by Gasteiger charge is 2.21. The number of carbonyl (C=O) groups is 1. The molecular formula is C22H20N4O2S. The lowest BCUT2D eigenvalue weighted by molar-refractivity contribution is 0.0994. The van der Waals surface area contributed by atoms with E-state index in [0.717, 1.165) is 16.8 Å². The van der Waals surface area contributed by atoms with Crippen LogP contribution in [-0.4, -0.2) is 30.2 Å². The summed E-state index contributed by atoms with van der Waals surface area (Å²) in [6.45, 7) is 5.86. The number of benzene rings is 2. The predicted octanol–water partition coefficient (Wildman–Crippen LogP) is 3.86. The van der Waals surface area contributed by atoms with Crippen LogP contribution in [0.4, 0.5) is 0 Å². The van der Waals surface area contributed by atoms with Gasteiger partial charge in [-0.2, -0.15) is 0 Å². The second-order valence-corrected chi connectivity index (χ2v) is 8.22. The molecule has 0 amide bonds. The van der Waals surface area contributed by atoms with E-state index < -0.39 is 0 Å². The van der Waals surface area contributed by atoms with Crippen molar-refractivity contribution < 1.29 is 4.79 Å². The SMILES string of the molecule is Cc1ccc(C(=O)C(C)Sc2nnc3c(=O)n(-c4ccccc4)ccn23)cc1C. The van der Waals surface area contributed by atoms with E-state index in [-0.39, 0.29) is 22.2 Å². The minimum absolute atomic E-state index is 0.0208. The zero-order valence-electron chi connectivity index (χ0n) is 16.4. The van der Waals surface area contributed by atoms with Crippen molar-refractivity contribution in [3.63, 3.8) is 0 Å². The lowest BCUT2D eigenvalue weighted by atomic mass is 10.0. The van der Waals surface area contributed by atoms with Crippen molar-refractivity contribution in [3.05, 3.63) is 88.0 Å². The van der Waals surface area contributed by atoms with E-state index in [4.69, 9.17) is 0 Å². The number of para-hydroxylation sites is 1. The molecule has 29 heavy (non-hydrogen) atoms. The molecule has 1 atom stereocenters. The van der Waals surface area contributed by atoms with Gasteiger partial charge < -0.3 is 0 Å². The largest absolute Gasteiger partial charge is 0.300 e. The van der Waals surface area contributed by atoms with Crippen LogP contribution in [-0.2, 0) is 0 Å². The summed E-state index contributed by atoms with van der Waals surface area (Å²) in [4.78, 5) is 25.6. The first-order chi connectivity index (χ1) is 14.0. The molecule has 146 valence electrons. The molecule has 4 aromatic rings. The smallest absolute Gasteiger partial charge is 0.293 e. The van der Waals surface area contributed by atoms with Gasteiger partial charge in [-0.3, -0.25) is 18.6 Å². The Labute approximate surface area is 172 Å². The van der Waals surface area contributed by atoms with Crippen molar-refractivity contribution in [2.75, 3.05) is 0 Å². The molecule has 0 aliphatic heterocycles. The van der Waals surface area contributed by atoms with Crippen molar-refractivity contribution in [2.24, 2.45) is 0 Å². The highest BCUT2D eigenvalue weighted by Crippen LogP contribution is 2.25. The number of aryl methyl sites for hydroxylation is 2. The maximum atomic E-state index is 12.8. The lowest BCUT2D eigenvalue weighted by Gasteiger charge is -2.11. The molecular weight excluding hydrogens is 384 g/mol. The quantitative estimate of drug-likeness (QED) is 0.373. The molecule has 0 saturated carbocycles. The zero-order valence-corrected chi connectivity index (χ0v) is 17.2. The molecule has 1 unspecified atom stereocenters. The molecule has 0 spiro atoms. The molecule has 0 saturated heterocycles. The van der Waals surface area contributed by atoms with E-state index in [0.29, 0.717) is 10.7 Å². The van der Waals surface area contributed by atoms with Crippen LogP contribution < -0.4 is 5.56 Å². The Morgan fingerprint density at radius 3 is 2.48 bits per heavy atom. The highest BCUT2D eigenvalue weighted by atomic mass is 32.2. The maximum absolute atomic E-state index is 12.8. The summed E-state index contributed by atoms with van der Waals surface area (Å²) in [5.41, 5.74) is 3.64. The number of nitrogens with zero attached hydrogens (tertiary/aromatic N) is 4. The fourth-order valence-electron chi connectivity index (χ4n) is 3.08. The minimum atomic E-state index is -0.360. The molecule has 0 aliphatic carbocycles. The standard InChI is InChI=1S/C22H20N4O2S/c1-14-9-10-17(13-15(14)2)19(27)16(3)29-22-24-23-20-21(28)25(11-12-26(20)22)18-7-5-4-6-8-18/h4-13,16H,1-3H3. The Kier molecular flexibility index (Phi) is 5.07. The van der Waals surface area contributed by atoms with Crippen molar-refractivity contribution in [1.29, 1.82) is 0 Å². The molecule has 2 heterocycles. The minimum Gasteiger partial charge on any atom is -0.293 e. The normalized spacial score (nSPS) is 12.2. The number of fused-ring (bicyclic) bond motifs is 1. The Balaban J connectivity index is 1.63. The maximum Gasteiger partial charge on any atom is 0.300 e. The first-order valence-electron chi connectivity index (χ1n) is 9.25. The van der Waals surface area contributed by atoms with Crippen LogP contribution in [0.3, 0.4) is 0 Å². The molecule has 0 N–H and O–H groups in total. The van der Waals surface area contributed by atoms with E-state index in [1.54, 1.807) is 16.8 Å². The number of thioether (sulfide) groups is 1. The van der Waals surface area contributed by atoms with Crippen LogP contribution in [0.2, 0.25) is 0 Å². The van der Waals surface area contributed by atoms with Gasteiger partial charge in [0.15, 0.2) is 10.9 Å². The third kappa shape index (κ3) is 3.61. The second-order valence-electron chi connectivity index (χ2n) is 6.91. The van der Waals surface area contributed by atoms with Crippen LogP contribution in [0.1, 0.15) is 28.4 Å². The number of Topliss-reactive ketones (excluding diaryl/α,β-unsaturated/α-hetero) is 1. The fraction of sp³-hybridized carbons (Fsp3) is 0.182. The zero-order chi connectivity index (χ0) is 20.5. The summed E-state index contributed by atoms with van der Waals surface area (Å²) >= 11 is 1.29. The molecule has 2 aromatic carbocycles. The van der Waals surface area contributed by atoms with E-state index in [1.165, 1.54) is 16.3 Å². The Hall–Kier alpha value is -3.19. The number of ketones is 1. The molecule has 0 fully saturated rings. The van der Waals surface area contributed by atoms with E-state index in [9.17, 15) is 9.59 Å². The number of hydrogen-bond acceptors (Lipinski definition) is 5. The van der Waals surface area contributed by atoms with Gasteiger partial charge in [0.2, 0.25) is 5.65 Å². The summed E-state index contributed by atoms with van der Waals surface area (Å²) in [5.74, 6) is 0.0208. The third-order valence-electron chi connectivity index (χ3n) is 4.92. The van der Waals surface area contributed by atoms with E-state index in [1.807, 2.05) is 69.3 Å². The molecule has 6 nitrogen and oxygen atoms in total. The van der Waals surface area contributed by atoms with Gasteiger partial charge in [-0.25, -0.2) is 0 Å². The van der Waals surface area contributed by atoms with Gasteiger partial charge in [-0.15, -0.1) is 10.2 Å². The van der Waals surface area contributed by atoms with Crippen molar-refractivity contribution in [2.45, 2.75) is 31.2 Å². The number of carbonyl (C=O) groups excluding carboxylic acids is 1. The summed E-state index contributed by atoms with van der Waals surface area (Å²) in [5, 5.41) is 8.37. The average molecular weight is 404 g/mol. The van der Waals surface area contributed by atoms with Crippen LogP contribution in [0, 0.1) is 13.8 Å². The average Bonchev–Trinajstić information content (AvgIpc) is 3.14.